The summed E-state index contributed by atoms with van der Waals surface area (Å²) in [7, 11) is 1.63. The Morgan fingerprint density at radius 2 is 2.22 bits per heavy atom. The second kappa shape index (κ2) is 7.66. The number of pyridine rings is 1. The van der Waals surface area contributed by atoms with Crippen molar-refractivity contribution in [2.24, 2.45) is 0 Å². The van der Waals surface area contributed by atoms with Crippen molar-refractivity contribution in [1.82, 2.24) is 9.88 Å². The third-order valence-electron chi connectivity index (χ3n) is 5.27. The second-order valence-electron chi connectivity index (χ2n) is 6.92. The Morgan fingerprint density at radius 1 is 1.37 bits per heavy atom. The molecule has 6 heteroatoms. The molecule has 27 heavy (non-hydrogen) atoms. The zero-order valence-corrected chi connectivity index (χ0v) is 15.6. The van der Waals surface area contributed by atoms with Crippen LogP contribution < -0.4 is 0 Å². The predicted molar refractivity (Wildman–Crippen MR) is 102 cm³/mol. The third-order valence-corrected chi connectivity index (χ3v) is 5.27. The molecule has 6 nitrogen and oxygen atoms in total. The summed E-state index contributed by atoms with van der Waals surface area (Å²) in [6.45, 7) is 2.52. The molecule has 4 atom stereocenters. The molecule has 0 N–H and O–H groups in total. The van der Waals surface area contributed by atoms with E-state index in [4.69, 9.17) is 14.2 Å². The molecule has 1 amide bonds. The van der Waals surface area contributed by atoms with Gasteiger partial charge < -0.3 is 14.2 Å². The molecule has 2 saturated heterocycles. The zero-order valence-electron chi connectivity index (χ0n) is 15.6. The molecular weight excluding hydrogens is 344 g/mol. The smallest absolute Gasteiger partial charge is 0.410 e. The van der Waals surface area contributed by atoms with E-state index in [1.807, 2.05) is 49.5 Å². The molecule has 142 valence electrons. The molecule has 1 aromatic carbocycles. The molecule has 3 heterocycles. The molecule has 0 radical (unpaired) electrons. The maximum absolute atomic E-state index is 12.4. The molecule has 1 aromatic heterocycles. The number of carbonyl (C=O) groups is 1. The van der Waals surface area contributed by atoms with Gasteiger partial charge in [-0.2, -0.15) is 0 Å². The molecule has 2 fully saturated rings. The number of para-hydroxylation sites is 1. The summed E-state index contributed by atoms with van der Waals surface area (Å²) < 4.78 is 16.8. The van der Waals surface area contributed by atoms with Gasteiger partial charge in [-0.15, -0.1) is 0 Å². The average Bonchev–Trinajstić information content (AvgIpc) is 3.02. The fraction of sp³-hybridized carbons (Fsp3) is 0.429. The molecule has 2 aliphatic heterocycles. The number of amides is 1. The average molecular weight is 368 g/mol. The fourth-order valence-electron chi connectivity index (χ4n) is 3.86. The number of ether oxygens (including phenoxy) is 3. The van der Waals surface area contributed by atoms with E-state index in [2.05, 4.69) is 11.1 Å². The Kier molecular flexibility index (Phi) is 5.09. The van der Waals surface area contributed by atoms with E-state index in [1.165, 1.54) is 0 Å². The van der Waals surface area contributed by atoms with Crippen LogP contribution in [0.4, 0.5) is 4.79 Å². The summed E-state index contributed by atoms with van der Waals surface area (Å²) in [6, 6.07) is 10.1. The van der Waals surface area contributed by atoms with Gasteiger partial charge in [0.2, 0.25) is 0 Å². The van der Waals surface area contributed by atoms with Crippen LogP contribution in [0.2, 0.25) is 0 Å². The van der Waals surface area contributed by atoms with E-state index >= 15 is 0 Å². The largest absolute Gasteiger partial charge is 0.441 e. The molecule has 2 aliphatic rings. The molecule has 0 saturated carbocycles. The van der Waals surface area contributed by atoms with Gasteiger partial charge >= 0.3 is 6.09 Å². The monoisotopic (exact) mass is 368 g/mol. The quantitative estimate of drug-likeness (QED) is 0.807. The molecule has 4 rings (SSSR count). The van der Waals surface area contributed by atoms with E-state index < -0.39 is 0 Å². The normalized spacial score (nSPS) is 27.9. The minimum atomic E-state index is -0.304. The van der Waals surface area contributed by atoms with Crippen LogP contribution in [0.25, 0.3) is 17.0 Å². The number of benzene rings is 1. The Labute approximate surface area is 158 Å². The first-order valence-corrected chi connectivity index (χ1v) is 9.36. The van der Waals surface area contributed by atoms with Crippen molar-refractivity contribution in [1.29, 1.82) is 0 Å². The zero-order chi connectivity index (χ0) is 18.8. The van der Waals surface area contributed by atoms with Crippen LogP contribution in [0.15, 0.2) is 42.6 Å². The first-order chi connectivity index (χ1) is 13.2. The van der Waals surface area contributed by atoms with Crippen molar-refractivity contribution in [2.75, 3.05) is 13.7 Å². The van der Waals surface area contributed by atoms with Gasteiger partial charge in [-0.3, -0.25) is 9.88 Å². The highest BCUT2D eigenvalue weighted by molar-refractivity contribution is 5.80. The number of nitrogens with zero attached hydrogens (tertiary/aromatic N) is 2. The van der Waals surface area contributed by atoms with Crippen LogP contribution in [0.3, 0.4) is 0 Å². The standard InChI is InChI=1S/C21H24N2O4/c1-3-18-20-17(12-19(25-2)26-18)23(21(24)27-20)10-6-7-14-11-15-8-4-5-9-16(15)22-13-14/h4-9,11,13,17-20H,3,10,12H2,1-2H3/b7-6+/t17-,18+,19-,20-/m0/s1. The van der Waals surface area contributed by atoms with Gasteiger partial charge in [-0.05, 0) is 24.1 Å². The van der Waals surface area contributed by atoms with Crippen LogP contribution in [-0.2, 0) is 14.2 Å². The van der Waals surface area contributed by atoms with Gasteiger partial charge in [0.1, 0.15) is 0 Å². The van der Waals surface area contributed by atoms with Crippen molar-refractivity contribution < 1.29 is 19.0 Å². The van der Waals surface area contributed by atoms with Crippen molar-refractivity contribution in [3.63, 3.8) is 0 Å². The Bertz CT molecular complexity index is 853. The minimum Gasteiger partial charge on any atom is -0.441 e. The molecule has 0 aliphatic carbocycles. The summed E-state index contributed by atoms with van der Waals surface area (Å²) in [6.07, 6.45) is 6.26. The number of hydrogen-bond donors (Lipinski definition) is 0. The van der Waals surface area contributed by atoms with Crippen molar-refractivity contribution in [2.45, 2.75) is 44.3 Å². The first-order valence-electron chi connectivity index (χ1n) is 9.36. The Hall–Kier alpha value is -2.44. The number of methoxy groups -OCH3 is 1. The highest BCUT2D eigenvalue weighted by Crippen LogP contribution is 2.34. The van der Waals surface area contributed by atoms with Crippen molar-refractivity contribution >= 4 is 23.1 Å². The number of fused-ring (bicyclic) bond motifs is 2. The van der Waals surface area contributed by atoms with E-state index in [9.17, 15) is 4.79 Å². The second-order valence-corrected chi connectivity index (χ2v) is 6.92. The number of aromatic nitrogens is 1. The lowest BCUT2D eigenvalue weighted by atomic mass is 9.96. The van der Waals surface area contributed by atoms with Gasteiger partial charge in [0.15, 0.2) is 12.4 Å². The van der Waals surface area contributed by atoms with Crippen LogP contribution >= 0.6 is 0 Å². The summed E-state index contributed by atoms with van der Waals surface area (Å²) in [5.41, 5.74) is 1.98. The van der Waals surface area contributed by atoms with E-state index in [1.54, 1.807) is 12.0 Å². The lowest BCUT2D eigenvalue weighted by molar-refractivity contribution is -0.214. The van der Waals surface area contributed by atoms with E-state index in [0.29, 0.717) is 13.0 Å². The van der Waals surface area contributed by atoms with Crippen LogP contribution in [0.5, 0.6) is 0 Å². The van der Waals surface area contributed by atoms with Gasteiger partial charge in [0.05, 0.1) is 17.7 Å². The first kappa shape index (κ1) is 17.9. The lowest BCUT2D eigenvalue weighted by Crippen LogP contribution is -2.51. The molecule has 0 spiro atoms. The highest BCUT2D eigenvalue weighted by Gasteiger charge is 2.50. The van der Waals surface area contributed by atoms with E-state index in [0.717, 1.165) is 22.9 Å². The SMILES string of the molecule is CC[C@H]1O[C@H](OC)C[C@H]2[C@@H]1OC(=O)N2C/C=C/c1cnc2ccccc2c1. The summed E-state index contributed by atoms with van der Waals surface area (Å²) in [5.74, 6) is 0. The molecule has 0 bridgehead atoms. The highest BCUT2D eigenvalue weighted by atomic mass is 16.7. The van der Waals surface area contributed by atoms with E-state index in [-0.39, 0.29) is 30.6 Å². The van der Waals surface area contributed by atoms with Crippen LogP contribution in [0.1, 0.15) is 25.3 Å². The minimum absolute atomic E-state index is 0.0273. The third kappa shape index (κ3) is 3.55. The maximum Gasteiger partial charge on any atom is 0.410 e. The van der Waals surface area contributed by atoms with Crippen LogP contribution in [-0.4, -0.2) is 54.2 Å². The van der Waals surface area contributed by atoms with Gasteiger partial charge in [-0.25, -0.2) is 4.79 Å². The molecule has 0 unspecified atom stereocenters. The van der Waals surface area contributed by atoms with Gasteiger partial charge in [0.25, 0.3) is 0 Å². The Morgan fingerprint density at radius 3 is 3.04 bits per heavy atom. The number of hydrogen-bond acceptors (Lipinski definition) is 5. The summed E-state index contributed by atoms with van der Waals surface area (Å²) >= 11 is 0. The molecular formula is C21H24N2O4. The maximum atomic E-state index is 12.4. The molecule has 2 aromatic rings. The van der Waals surface area contributed by atoms with Gasteiger partial charge in [0, 0.05) is 31.7 Å². The van der Waals surface area contributed by atoms with Gasteiger partial charge in [-0.1, -0.05) is 37.3 Å². The summed E-state index contributed by atoms with van der Waals surface area (Å²) in [4.78, 5) is 18.6. The topological polar surface area (TPSA) is 60.9 Å². The van der Waals surface area contributed by atoms with Crippen molar-refractivity contribution in [3.05, 3.63) is 48.2 Å². The van der Waals surface area contributed by atoms with Crippen molar-refractivity contribution in [3.8, 4) is 0 Å². The number of carbonyl (C=O) groups excluding carboxylic acids is 1. The number of rotatable bonds is 5. The summed E-state index contributed by atoms with van der Waals surface area (Å²) in [5, 5.41) is 1.10. The lowest BCUT2D eigenvalue weighted by Gasteiger charge is -2.37. The fourth-order valence-corrected chi connectivity index (χ4v) is 3.86. The Balaban J connectivity index is 1.47. The predicted octanol–water partition coefficient (Wildman–Crippen LogP) is 3.61. The van der Waals surface area contributed by atoms with Crippen LogP contribution in [0, 0.1) is 0 Å².